The summed E-state index contributed by atoms with van der Waals surface area (Å²) in [5, 5.41) is 11.0. The molecule has 1 aromatic heterocycles. The van der Waals surface area contributed by atoms with Crippen molar-refractivity contribution in [2.45, 2.75) is 26.3 Å². The number of carbonyl (C=O) groups excluding carboxylic acids is 3. The van der Waals surface area contributed by atoms with Crippen molar-refractivity contribution < 1.29 is 24.2 Å². The van der Waals surface area contributed by atoms with Gasteiger partial charge in [-0.15, -0.1) is 0 Å². The molecule has 1 atom stereocenters. The lowest BCUT2D eigenvalue weighted by molar-refractivity contribution is -0.117. The van der Waals surface area contributed by atoms with Crippen LogP contribution >= 0.6 is 11.3 Å². The Kier molecular flexibility index (Phi) is 6.93. The number of esters is 1. The largest absolute Gasteiger partial charge is 0.503 e. The van der Waals surface area contributed by atoms with Crippen LogP contribution in [0.3, 0.4) is 0 Å². The number of allylic oxidation sites excluding steroid dienone is 1. The molecule has 0 bridgehead atoms. The molecule has 4 rings (SSSR count). The van der Waals surface area contributed by atoms with E-state index in [1.807, 2.05) is 61.5 Å². The summed E-state index contributed by atoms with van der Waals surface area (Å²) in [6.45, 7) is 3.67. The number of anilines is 1. The summed E-state index contributed by atoms with van der Waals surface area (Å²) in [5.74, 6) is -2.45. The predicted molar refractivity (Wildman–Crippen MR) is 134 cm³/mol. The summed E-state index contributed by atoms with van der Waals surface area (Å²) in [7, 11) is 1.27. The summed E-state index contributed by atoms with van der Waals surface area (Å²) >= 11 is 0.978. The van der Waals surface area contributed by atoms with Crippen LogP contribution in [0.2, 0.25) is 0 Å². The van der Waals surface area contributed by atoms with Gasteiger partial charge in [0.05, 0.1) is 24.4 Å². The topological polar surface area (TPSA) is 96.8 Å². The van der Waals surface area contributed by atoms with Crippen LogP contribution in [-0.2, 0) is 20.7 Å². The van der Waals surface area contributed by atoms with Crippen LogP contribution in [0.15, 0.2) is 72.0 Å². The van der Waals surface area contributed by atoms with E-state index in [2.05, 4.69) is 4.98 Å². The Bertz CT molecular complexity index is 1340. The Balaban J connectivity index is 1.80. The second-order valence-electron chi connectivity index (χ2n) is 7.95. The molecule has 0 spiro atoms. The second-order valence-corrected chi connectivity index (χ2v) is 8.92. The van der Waals surface area contributed by atoms with Crippen LogP contribution in [-0.4, -0.2) is 34.9 Å². The van der Waals surface area contributed by atoms with E-state index in [1.165, 1.54) is 18.1 Å². The zero-order valence-corrected chi connectivity index (χ0v) is 20.3. The molecule has 2 aromatic carbocycles. The summed E-state index contributed by atoms with van der Waals surface area (Å²) in [5.41, 5.74) is 2.90. The molecule has 178 valence electrons. The summed E-state index contributed by atoms with van der Waals surface area (Å²) < 4.78 is 4.82. The number of hydrogen-bond donors (Lipinski definition) is 1. The smallest absolute Gasteiger partial charge is 0.350 e. The third-order valence-corrected chi connectivity index (χ3v) is 6.90. The molecule has 35 heavy (non-hydrogen) atoms. The predicted octanol–water partition coefficient (Wildman–Crippen LogP) is 4.98. The van der Waals surface area contributed by atoms with Gasteiger partial charge < -0.3 is 9.84 Å². The highest BCUT2D eigenvalue weighted by Gasteiger charge is 2.45. The lowest BCUT2D eigenvalue weighted by atomic mass is 9.94. The van der Waals surface area contributed by atoms with Gasteiger partial charge in [-0.05, 0) is 36.1 Å². The van der Waals surface area contributed by atoms with E-state index in [0.29, 0.717) is 11.3 Å². The van der Waals surface area contributed by atoms with Crippen molar-refractivity contribution in [2.24, 2.45) is 0 Å². The van der Waals surface area contributed by atoms with E-state index >= 15 is 0 Å². The lowest BCUT2D eigenvalue weighted by Gasteiger charge is -2.24. The van der Waals surface area contributed by atoms with Gasteiger partial charge in [0.15, 0.2) is 16.7 Å². The molecule has 0 aliphatic carbocycles. The number of hydrogen-bond acceptors (Lipinski definition) is 7. The number of aliphatic hydroxyl groups is 1. The Hall–Kier alpha value is -4.04. The van der Waals surface area contributed by atoms with Crippen molar-refractivity contribution in [1.29, 1.82) is 0 Å². The molecule has 0 saturated carbocycles. The number of rotatable bonds is 7. The zero-order chi connectivity index (χ0) is 25.1. The first-order valence-corrected chi connectivity index (χ1v) is 11.9. The van der Waals surface area contributed by atoms with Crippen LogP contribution in [0.1, 0.15) is 45.0 Å². The third-order valence-electron chi connectivity index (χ3n) is 5.77. The van der Waals surface area contributed by atoms with Crippen molar-refractivity contribution in [2.75, 3.05) is 12.0 Å². The molecule has 0 saturated heterocycles. The number of ether oxygens (including phenoxy) is 1. The van der Waals surface area contributed by atoms with Gasteiger partial charge in [0.1, 0.15) is 4.88 Å². The van der Waals surface area contributed by atoms with Gasteiger partial charge in [0.25, 0.3) is 5.91 Å². The van der Waals surface area contributed by atoms with E-state index in [1.54, 1.807) is 13.0 Å². The Morgan fingerprint density at radius 3 is 2.46 bits per heavy atom. The molecule has 1 N–H and O–H groups in total. The molecule has 1 amide bonds. The molecule has 1 aliphatic heterocycles. The van der Waals surface area contributed by atoms with Crippen molar-refractivity contribution in [1.82, 2.24) is 4.98 Å². The molecule has 0 fully saturated rings. The van der Waals surface area contributed by atoms with Crippen molar-refractivity contribution in [3.05, 3.63) is 99.3 Å². The monoisotopic (exact) mass is 488 g/mol. The van der Waals surface area contributed by atoms with Crippen LogP contribution in [0.4, 0.5) is 5.13 Å². The summed E-state index contributed by atoms with van der Waals surface area (Å²) in [6, 6.07) is 15.9. The maximum atomic E-state index is 13.3. The van der Waals surface area contributed by atoms with Gasteiger partial charge in [-0.3, -0.25) is 14.5 Å². The number of aryl methyl sites for hydroxylation is 2. The molecule has 7 nitrogen and oxygen atoms in total. The van der Waals surface area contributed by atoms with Gasteiger partial charge in [-0.25, -0.2) is 9.78 Å². The highest BCUT2D eigenvalue weighted by Crippen LogP contribution is 2.43. The lowest BCUT2D eigenvalue weighted by Crippen LogP contribution is -2.30. The third kappa shape index (κ3) is 4.65. The fourth-order valence-electron chi connectivity index (χ4n) is 3.90. The number of amides is 1. The molecular weight excluding hydrogens is 464 g/mol. The quantitative estimate of drug-likeness (QED) is 0.372. The Labute approximate surface area is 207 Å². The van der Waals surface area contributed by atoms with Crippen LogP contribution in [0.25, 0.3) is 6.08 Å². The molecule has 1 aliphatic rings. The number of benzene rings is 2. The number of aromatic nitrogens is 1. The van der Waals surface area contributed by atoms with E-state index < -0.39 is 29.5 Å². The standard InChI is InChI=1S/C27H24N2O5S/c1-4-17-10-13-19(14-11-17)22-21(20(30)15-12-18-8-6-5-7-9-18)23(31)25(32)29(22)27-28-16(2)24(35-27)26(33)34-3/h5-15,22,31H,4H2,1-3H3. The minimum Gasteiger partial charge on any atom is -0.503 e. The minimum absolute atomic E-state index is 0.0427. The molecule has 2 heterocycles. The van der Waals surface area contributed by atoms with E-state index in [-0.39, 0.29) is 15.6 Å². The molecule has 0 radical (unpaired) electrons. The van der Waals surface area contributed by atoms with Crippen molar-refractivity contribution >= 4 is 40.2 Å². The minimum atomic E-state index is -0.905. The molecule has 8 heteroatoms. The average Bonchev–Trinajstić information content (AvgIpc) is 3.39. The van der Waals surface area contributed by atoms with Crippen LogP contribution in [0.5, 0.6) is 0 Å². The van der Waals surface area contributed by atoms with Gasteiger partial charge in [-0.1, -0.05) is 78.9 Å². The number of nitrogens with zero attached hydrogens (tertiary/aromatic N) is 2. The number of ketones is 1. The van der Waals surface area contributed by atoms with Crippen molar-refractivity contribution in [3.63, 3.8) is 0 Å². The molecular formula is C27H24N2O5S. The van der Waals surface area contributed by atoms with Gasteiger partial charge in [0, 0.05) is 0 Å². The Morgan fingerprint density at radius 2 is 1.83 bits per heavy atom. The summed E-state index contributed by atoms with van der Waals surface area (Å²) in [6.07, 6.45) is 3.81. The average molecular weight is 489 g/mol. The van der Waals surface area contributed by atoms with E-state index in [4.69, 9.17) is 4.74 Å². The van der Waals surface area contributed by atoms with E-state index in [0.717, 1.165) is 28.9 Å². The van der Waals surface area contributed by atoms with E-state index in [9.17, 15) is 19.5 Å². The Morgan fingerprint density at radius 1 is 1.14 bits per heavy atom. The van der Waals surface area contributed by atoms with Crippen LogP contribution in [0, 0.1) is 6.92 Å². The first-order chi connectivity index (χ1) is 16.8. The first-order valence-electron chi connectivity index (χ1n) is 11.0. The van der Waals surface area contributed by atoms with Crippen LogP contribution < -0.4 is 4.90 Å². The van der Waals surface area contributed by atoms with Crippen molar-refractivity contribution in [3.8, 4) is 0 Å². The second kappa shape index (κ2) is 10.1. The first kappa shape index (κ1) is 24.1. The molecule has 1 unspecified atom stereocenters. The van der Waals surface area contributed by atoms with Gasteiger partial charge in [0.2, 0.25) is 0 Å². The number of methoxy groups -OCH3 is 1. The maximum absolute atomic E-state index is 13.3. The molecule has 3 aromatic rings. The normalized spacial score (nSPS) is 15.8. The zero-order valence-electron chi connectivity index (χ0n) is 19.5. The number of thiazole rings is 1. The fraction of sp³-hybridized carbons (Fsp3) is 0.185. The highest BCUT2D eigenvalue weighted by molar-refractivity contribution is 7.17. The fourth-order valence-corrected chi connectivity index (χ4v) is 4.91. The number of carbonyl (C=O) groups is 3. The highest BCUT2D eigenvalue weighted by atomic mass is 32.1. The van der Waals surface area contributed by atoms with Gasteiger partial charge >= 0.3 is 5.97 Å². The maximum Gasteiger partial charge on any atom is 0.350 e. The van der Waals surface area contributed by atoms with Gasteiger partial charge in [-0.2, -0.15) is 0 Å². The number of aliphatic hydroxyl groups excluding tert-OH is 1. The summed E-state index contributed by atoms with van der Waals surface area (Å²) in [4.78, 5) is 44.6. The SMILES string of the molecule is CCc1ccc(C2C(C(=O)C=Cc3ccccc3)=C(O)C(=O)N2c2nc(C)c(C(=O)OC)s2)cc1.